The molecule has 0 unspecified atom stereocenters. The SMILES string of the molecule is CCCN(C(=O)c1ccc(N2CCN(CCCCC3(C(=O)NCC(F)(F)F)c4ccccc4-c4ccccc43)CC2)nc1)C1CCCCC1. The standard InChI is InChI=1S/C39H48F3N5O2/c1-2-21-47(30-12-4-3-5-13-30)36(48)29-18-19-35(43-27-29)46-25-23-45(24-26-46)22-11-10-20-38(37(49)44-28-39(40,41)42)33-16-8-6-14-31(33)32-15-7-9-17-34(32)38/h6-9,14-19,27,30H,2-5,10-13,20-26,28H2,1H3,(H,44,49). The number of pyridine rings is 1. The van der Waals surface area contributed by atoms with Crippen molar-refractivity contribution in [3.8, 4) is 11.1 Å². The molecule has 1 saturated carbocycles. The highest BCUT2D eigenvalue weighted by atomic mass is 19.4. The first-order chi connectivity index (χ1) is 23.7. The Kier molecular flexibility index (Phi) is 10.9. The molecule has 2 aliphatic carbocycles. The Balaban J connectivity index is 1.04. The fraction of sp³-hybridized carbons (Fsp3) is 0.513. The van der Waals surface area contributed by atoms with E-state index in [4.69, 9.17) is 4.98 Å². The first kappa shape index (κ1) is 34.9. The van der Waals surface area contributed by atoms with Crippen LogP contribution in [0.3, 0.4) is 0 Å². The first-order valence-corrected chi connectivity index (χ1v) is 18.0. The lowest BCUT2D eigenvalue weighted by molar-refractivity contribution is -0.141. The minimum Gasteiger partial charge on any atom is -0.354 e. The van der Waals surface area contributed by atoms with Gasteiger partial charge in [0.15, 0.2) is 0 Å². The first-order valence-electron chi connectivity index (χ1n) is 18.0. The second-order valence-corrected chi connectivity index (χ2v) is 13.8. The topological polar surface area (TPSA) is 68.8 Å². The van der Waals surface area contributed by atoms with Gasteiger partial charge in [-0.1, -0.05) is 81.1 Å². The molecule has 7 nitrogen and oxygen atoms in total. The number of fused-ring (bicyclic) bond motifs is 3. The number of benzene rings is 2. The van der Waals surface area contributed by atoms with Gasteiger partial charge < -0.3 is 15.1 Å². The van der Waals surface area contributed by atoms with Crippen molar-refractivity contribution >= 4 is 17.6 Å². The zero-order chi connectivity index (χ0) is 34.4. The lowest BCUT2D eigenvalue weighted by Gasteiger charge is -2.36. The maximum Gasteiger partial charge on any atom is 0.405 e. The van der Waals surface area contributed by atoms with Gasteiger partial charge in [0.25, 0.3) is 5.91 Å². The summed E-state index contributed by atoms with van der Waals surface area (Å²) >= 11 is 0. The lowest BCUT2D eigenvalue weighted by Crippen LogP contribution is -2.48. The zero-order valence-electron chi connectivity index (χ0n) is 28.5. The zero-order valence-corrected chi connectivity index (χ0v) is 28.5. The number of hydrogen-bond acceptors (Lipinski definition) is 5. The molecule has 1 aromatic heterocycles. The second-order valence-electron chi connectivity index (χ2n) is 13.8. The molecule has 1 N–H and O–H groups in total. The van der Waals surface area contributed by atoms with Gasteiger partial charge in [0.05, 0.1) is 5.56 Å². The summed E-state index contributed by atoms with van der Waals surface area (Å²) in [5, 5.41) is 2.23. The minimum atomic E-state index is -4.49. The van der Waals surface area contributed by atoms with Crippen molar-refractivity contribution in [3.63, 3.8) is 0 Å². The van der Waals surface area contributed by atoms with Crippen molar-refractivity contribution in [1.29, 1.82) is 0 Å². The number of anilines is 1. The van der Waals surface area contributed by atoms with Crippen LogP contribution >= 0.6 is 0 Å². The number of aromatic nitrogens is 1. The van der Waals surface area contributed by atoms with E-state index in [1.165, 1.54) is 19.3 Å². The Bertz CT molecular complexity index is 1530. The Morgan fingerprint density at radius 2 is 1.55 bits per heavy atom. The third-order valence-electron chi connectivity index (χ3n) is 10.6. The Labute approximate surface area is 287 Å². The van der Waals surface area contributed by atoms with Crippen LogP contribution in [0.15, 0.2) is 66.9 Å². The summed E-state index contributed by atoms with van der Waals surface area (Å²) < 4.78 is 39.6. The Morgan fingerprint density at radius 3 is 2.14 bits per heavy atom. The van der Waals surface area contributed by atoms with Crippen LogP contribution in [-0.4, -0.2) is 84.6 Å². The Morgan fingerprint density at radius 1 is 0.898 bits per heavy atom. The number of rotatable bonds is 12. The number of alkyl halides is 3. The van der Waals surface area contributed by atoms with Crippen LogP contribution in [0.4, 0.5) is 19.0 Å². The van der Waals surface area contributed by atoms with E-state index in [1.807, 2.05) is 60.7 Å². The summed E-state index contributed by atoms with van der Waals surface area (Å²) in [6, 6.07) is 19.4. The van der Waals surface area contributed by atoms with Gasteiger partial charge in [0, 0.05) is 45.0 Å². The summed E-state index contributed by atoms with van der Waals surface area (Å²) in [6.45, 7) is 5.73. The molecule has 0 spiro atoms. The smallest absolute Gasteiger partial charge is 0.354 e. The molecule has 2 heterocycles. The van der Waals surface area contributed by atoms with Crippen molar-refractivity contribution in [2.24, 2.45) is 0 Å². The molecular weight excluding hydrogens is 627 g/mol. The van der Waals surface area contributed by atoms with Gasteiger partial charge in [-0.05, 0) is 73.0 Å². The molecule has 0 atom stereocenters. The number of nitrogens with zero attached hydrogens (tertiary/aromatic N) is 4. The van der Waals surface area contributed by atoms with Crippen LogP contribution in [0.1, 0.15) is 86.2 Å². The molecule has 3 aliphatic rings. The third kappa shape index (κ3) is 7.64. The van der Waals surface area contributed by atoms with E-state index in [9.17, 15) is 22.8 Å². The fourth-order valence-corrected chi connectivity index (χ4v) is 8.16. The van der Waals surface area contributed by atoms with Crippen molar-refractivity contribution in [2.45, 2.75) is 82.3 Å². The third-order valence-corrected chi connectivity index (χ3v) is 10.6. The van der Waals surface area contributed by atoms with Crippen LogP contribution < -0.4 is 10.2 Å². The molecule has 0 bridgehead atoms. The maximum absolute atomic E-state index is 13.7. The maximum atomic E-state index is 13.7. The second kappa shape index (κ2) is 15.3. The van der Waals surface area contributed by atoms with Gasteiger partial charge in [-0.3, -0.25) is 14.5 Å². The van der Waals surface area contributed by atoms with Gasteiger partial charge in [0.2, 0.25) is 5.91 Å². The quantitative estimate of drug-likeness (QED) is 0.206. The summed E-state index contributed by atoms with van der Waals surface area (Å²) in [5.74, 6) is 0.367. The number of carbonyl (C=O) groups excluding carboxylic acids is 2. The minimum absolute atomic E-state index is 0.0850. The van der Waals surface area contributed by atoms with Crippen LogP contribution in [0.2, 0.25) is 0 Å². The van der Waals surface area contributed by atoms with Crippen LogP contribution in [0.5, 0.6) is 0 Å². The molecule has 262 valence electrons. The summed E-state index contributed by atoms with van der Waals surface area (Å²) in [5.41, 5.74) is 2.85. The predicted molar refractivity (Wildman–Crippen MR) is 187 cm³/mol. The summed E-state index contributed by atoms with van der Waals surface area (Å²) in [6.07, 6.45) is 5.93. The number of amides is 2. The molecule has 2 aromatic carbocycles. The molecule has 49 heavy (non-hydrogen) atoms. The Hall–Kier alpha value is -3.92. The van der Waals surface area contributed by atoms with E-state index in [1.54, 1.807) is 6.20 Å². The van der Waals surface area contributed by atoms with Crippen molar-refractivity contribution < 1.29 is 22.8 Å². The predicted octanol–water partition coefficient (Wildman–Crippen LogP) is 7.20. The fourth-order valence-electron chi connectivity index (χ4n) is 8.16. The van der Waals surface area contributed by atoms with E-state index >= 15 is 0 Å². The number of piperazine rings is 1. The van der Waals surface area contributed by atoms with E-state index in [0.29, 0.717) is 24.4 Å². The molecule has 10 heteroatoms. The molecule has 3 aromatic rings. The van der Waals surface area contributed by atoms with E-state index in [2.05, 4.69) is 26.9 Å². The van der Waals surface area contributed by atoms with Crippen LogP contribution in [0, 0.1) is 0 Å². The van der Waals surface area contributed by atoms with Crippen molar-refractivity contribution in [1.82, 2.24) is 20.1 Å². The molecule has 1 aliphatic heterocycles. The van der Waals surface area contributed by atoms with E-state index in [0.717, 1.165) is 93.0 Å². The number of nitrogens with one attached hydrogen (secondary N) is 1. The van der Waals surface area contributed by atoms with Crippen molar-refractivity contribution in [3.05, 3.63) is 83.6 Å². The largest absolute Gasteiger partial charge is 0.405 e. The highest BCUT2D eigenvalue weighted by Gasteiger charge is 2.49. The van der Waals surface area contributed by atoms with Crippen molar-refractivity contribution in [2.75, 3.05) is 50.7 Å². The van der Waals surface area contributed by atoms with E-state index in [-0.39, 0.29) is 5.91 Å². The number of halogens is 3. The van der Waals surface area contributed by atoms with Gasteiger partial charge in [-0.15, -0.1) is 0 Å². The van der Waals surface area contributed by atoms with E-state index < -0.39 is 24.0 Å². The molecular formula is C39H48F3N5O2. The van der Waals surface area contributed by atoms with Crippen LogP contribution in [-0.2, 0) is 10.2 Å². The highest BCUT2D eigenvalue weighted by molar-refractivity contribution is 6.00. The normalized spacial score (nSPS) is 17.8. The molecule has 2 amide bonds. The summed E-state index contributed by atoms with van der Waals surface area (Å²) in [4.78, 5) is 38.6. The van der Waals surface area contributed by atoms with Crippen LogP contribution in [0.25, 0.3) is 11.1 Å². The molecule has 6 rings (SSSR count). The van der Waals surface area contributed by atoms with Gasteiger partial charge in [-0.25, -0.2) is 4.98 Å². The number of unbranched alkanes of at least 4 members (excludes halogenated alkanes) is 1. The van der Waals surface area contributed by atoms with Gasteiger partial charge >= 0.3 is 6.18 Å². The molecule has 2 fully saturated rings. The summed E-state index contributed by atoms with van der Waals surface area (Å²) in [7, 11) is 0. The number of hydrogen-bond donors (Lipinski definition) is 1. The number of carbonyl (C=O) groups is 2. The lowest BCUT2D eigenvalue weighted by atomic mass is 9.73. The molecule has 0 radical (unpaired) electrons. The average Bonchev–Trinajstić information content (AvgIpc) is 3.42. The van der Waals surface area contributed by atoms with Gasteiger partial charge in [0.1, 0.15) is 17.8 Å². The monoisotopic (exact) mass is 675 g/mol. The molecule has 1 saturated heterocycles. The highest BCUT2D eigenvalue weighted by Crippen LogP contribution is 2.51. The average molecular weight is 676 g/mol. The van der Waals surface area contributed by atoms with Gasteiger partial charge in [-0.2, -0.15) is 13.2 Å².